The molecule has 0 amide bonds. The summed E-state index contributed by atoms with van der Waals surface area (Å²) in [5.74, 6) is 0. The molecule has 1 atom stereocenters. The van der Waals surface area contributed by atoms with Gasteiger partial charge in [0.05, 0.1) is 17.5 Å². The summed E-state index contributed by atoms with van der Waals surface area (Å²) in [5, 5.41) is 3.60. The van der Waals surface area contributed by atoms with Crippen LogP contribution < -0.4 is 5.32 Å². The zero-order valence-corrected chi connectivity index (χ0v) is 12.1. The zero-order chi connectivity index (χ0) is 12.4. The highest BCUT2D eigenvalue weighted by molar-refractivity contribution is 9.10. The van der Waals surface area contributed by atoms with Gasteiger partial charge in [0, 0.05) is 23.3 Å². The lowest BCUT2D eigenvalue weighted by molar-refractivity contribution is -0.0767. The molecule has 1 saturated carbocycles. The Bertz CT molecular complexity index is 418. The molecule has 1 saturated heterocycles. The van der Waals surface area contributed by atoms with Gasteiger partial charge in [-0.15, -0.1) is 0 Å². The molecule has 0 bridgehead atoms. The SMILES string of the molecule is Brc1cncc(NC2CCOC3(CCCC3)C2)c1. The molecule has 1 spiro atoms. The summed E-state index contributed by atoms with van der Waals surface area (Å²) in [6.45, 7) is 0.888. The van der Waals surface area contributed by atoms with Crippen LogP contribution >= 0.6 is 15.9 Å². The van der Waals surface area contributed by atoms with E-state index in [-0.39, 0.29) is 5.60 Å². The van der Waals surface area contributed by atoms with Gasteiger partial charge in [0.15, 0.2) is 0 Å². The van der Waals surface area contributed by atoms with Crippen LogP contribution in [-0.2, 0) is 4.74 Å². The van der Waals surface area contributed by atoms with E-state index in [1.807, 2.05) is 12.4 Å². The summed E-state index contributed by atoms with van der Waals surface area (Å²) in [7, 11) is 0. The van der Waals surface area contributed by atoms with Gasteiger partial charge in [0.25, 0.3) is 0 Å². The molecule has 0 aromatic carbocycles. The van der Waals surface area contributed by atoms with Crippen molar-refractivity contribution in [3.8, 4) is 0 Å². The number of anilines is 1. The van der Waals surface area contributed by atoms with E-state index in [4.69, 9.17) is 4.74 Å². The average molecular weight is 311 g/mol. The fourth-order valence-electron chi connectivity index (χ4n) is 3.25. The monoisotopic (exact) mass is 310 g/mol. The zero-order valence-electron chi connectivity index (χ0n) is 10.5. The minimum Gasteiger partial charge on any atom is -0.381 e. The standard InChI is InChI=1S/C14H19BrN2O/c15-11-7-13(10-16-9-11)17-12-3-6-18-14(8-12)4-1-2-5-14/h7,9-10,12,17H,1-6,8H2. The van der Waals surface area contributed by atoms with E-state index in [0.29, 0.717) is 6.04 Å². The third-order valence-electron chi connectivity index (χ3n) is 4.08. The normalized spacial score (nSPS) is 26.4. The Morgan fingerprint density at radius 2 is 2.17 bits per heavy atom. The first kappa shape index (κ1) is 12.4. The van der Waals surface area contributed by atoms with Gasteiger partial charge in [-0.1, -0.05) is 12.8 Å². The number of rotatable bonds is 2. The smallest absolute Gasteiger partial charge is 0.0702 e. The molecule has 1 aromatic heterocycles. The second-order valence-corrected chi connectivity index (χ2v) is 6.38. The Balaban J connectivity index is 1.66. The van der Waals surface area contributed by atoms with E-state index in [1.165, 1.54) is 25.7 Å². The van der Waals surface area contributed by atoms with Crippen LogP contribution in [0.4, 0.5) is 5.69 Å². The van der Waals surface area contributed by atoms with Gasteiger partial charge < -0.3 is 10.1 Å². The number of hydrogen-bond donors (Lipinski definition) is 1. The maximum atomic E-state index is 6.05. The maximum Gasteiger partial charge on any atom is 0.0702 e. The van der Waals surface area contributed by atoms with E-state index in [0.717, 1.165) is 29.6 Å². The summed E-state index contributed by atoms with van der Waals surface area (Å²) in [5.41, 5.74) is 1.28. The predicted molar refractivity (Wildman–Crippen MR) is 75.7 cm³/mol. The Morgan fingerprint density at radius 1 is 1.33 bits per heavy atom. The molecule has 1 unspecified atom stereocenters. The predicted octanol–water partition coefficient (Wildman–Crippen LogP) is 3.75. The highest BCUT2D eigenvalue weighted by Crippen LogP contribution is 2.40. The molecule has 1 N–H and O–H groups in total. The number of hydrogen-bond acceptors (Lipinski definition) is 3. The molecule has 1 aliphatic heterocycles. The van der Waals surface area contributed by atoms with Crippen LogP contribution in [-0.4, -0.2) is 23.2 Å². The second-order valence-electron chi connectivity index (χ2n) is 5.46. The summed E-state index contributed by atoms with van der Waals surface area (Å²) in [4.78, 5) is 4.20. The van der Waals surface area contributed by atoms with E-state index in [2.05, 4.69) is 32.3 Å². The number of aromatic nitrogens is 1. The molecule has 4 heteroatoms. The Morgan fingerprint density at radius 3 is 2.94 bits per heavy atom. The number of nitrogens with one attached hydrogen (secondary N) is 1. The van der Waals surface area contributed by atoms with Crippen molar-refractivity contribution in [3.05, 3.63) is 22.9 Å². The van der Waals surface area contributed by atoms with Crippen LogP contribution in [0.5, 0.6) is 0 Å². The summed E-state index contributed by atoms with van der Waals surface area (Å²) >= 11 is 3.46. The lowest BCUT2D eigenvalue weighted by Crippen LogP contribution is -2.42. The first-order valence-electron chi connectivity index (χ1n) is 6.77. The molecule has 1 aromatic rings. The minimum absolute atomic E-state index is 0.176. The number of halogens is 1. The summed E-state index contributed by atoms with van der Waals surface area (Å²) in [6.07, 6.45) is 11.1. The van der Waals surface area contributed by atoms with Crippen molar-refractivity contribution in [3.63, 3.8) is 0 Å². The highest BCUT2D eigenvalue weighted by Gasteiger charge is 2.39. The highest BCUT2D eigenvalue weighted by atomic mass is 79.9. The topological polar surface area (TPSA) is 34.2 Å². The molecular weight excluding hydrogens is 292 g/mol. The number of nitrogens with zero attached hydrogens (tertiary/aromatic N) is 1. The van der Waals surface area contributed by atoms with Gasteiger partial charge in [-0.05, 0) is 47.7 Å². The van der Waals surface area contributed by atoms with Gasteiger partial charge in [0.2, 0.25) is 0 Å². The summed E-state index contributed by atoms with van der Waals surface area (Å²) < 4.78 is 7.08. The lowest BCUT2D eigenvalue weighted by atomic mass is 9.89. The molecule has 2 aliphatic rings. The Hall–Kier alpha value is -0.610. The van der Waals surface area contributed by atoms with E-state index < -0.39 is 0 Å². The van der Waals surface area contributed by atoms with Crippen molar-refractivity contribution < 1.29 is 4.74 Å². The van der Waals surface area contributed by atoms with Crippen LogP contribution in [0.25, 0.3) is 0 Å². The third-order valence-corrected chi connectivity index (χ3v) is 4.52. The molecule has 3 rings (SSSR count). The van der Waals surface area contributed by atoms with Crippen molar-refractivity contribution in [2.75, 3.05) is 11.9 Å². The summed E-state index contributed by atoms with van der Waals surface area (Å²) in [6, 6.07) is 2.61. The molecule has 2 heterocycles. The lowest BCUT2D eigenvalue weighted by Gasteiger charge is -2.38. The fourth-order valence-corrected chi connectivity index (χ4v) is 3.61. The molecule has 2 fully saturated rings. The first-order valence-corrected chi connectivity index (χ1v) is 7.56. The van der Waals surface area contributed by atoms with Crippen LogP contribution in [0.2, 0.25) is 0 Å². The number of ether oxygens (including phenoxy) is 1. The molecule has 3 nitrogen and oxygen atoms in total. The average Bonchev–Trinajstić information content (AvgIpc) is 2.77. The molecule has 98 valence electrons. The first-order chi connectivity index (χ1) is 8.76. The molecule has 0 radical (unpaired) electrons. The van der Waals surface area contributed by atoms with Crippen molar-refractivity contribution in [1.29, 1.82) is 0 Å². The quantitative estimate of drug-likeness (QED) is 0.903. The van der Waals surface area contributed by atoms with Crippen LogP contribution in [0, 0.1) is 0 Å². The second kappa shape index (κ2) is 5.17. The number of pyridine rings is 1. The van der Waals surface area contributed by atoms with Crippen molar-refractivity contribution in [2.24, 2.45) is 0 Å². The van der Waals surface area contributed by atoms with Crippen LogP contribution in [0.3, 0.4) is 0 Å². The maximum absolute atomic E-state index is 6.05. The van der Waals surface area contributed by atoms with Gasteiger partial charge in [0.1, 0.15) is 0 Å². The van der Waals surface area contributed by atoms with E-state index in [9.17, 15) is 0 Å². The van der Waals surface area contributed by atoms with E-state index >= 15 is 0 Å². The fraction of sp³-hybridized carbons (Fsp3) is 0.643. The van der Waals surface area contributed by atoms with Crippen molar-refractivity contribution in [1.82, 2.24) is 4.98 Å². The van der Waals surface area contributed by atoms with Crippen LogP contribution in [0.15, 0.2) is 22.9 Å². The Labute approximate surface area is 116 Å². The third kappa shape index (κ3) is 2.69. The van der Waals surface area contributed by atoms with Gasteiger partial charge in [-0.2, -0.15) is 0 Å². The van der Waals surface area contributed by atoms with Gasteiger partial charge in [-0.25, -0.2) is 0 Å². The van der Waals surface area contributed by atoms with Crippen molar-refractivity contribution in [2.45, 2.75) is 50.2 Å². The largest absolute Gasteiger partial charge is 0.381 e. The molecule has 1 aliphatic carbocycles. The van der Waals surface area contributed by atoms with Crippen LogP contribution in [0.1, 0.15) is 38.5 Å². The molecule has 18 heavy (non-hydrogen) atoms. The van der Waals surface area contributed by atoms with Gasteiger partial charge in [-0.3, -0.25) is 4.98 Å². The minimum atomic E-state index is 0.176. The van der Waals surface area contributed by atoms with Gasteiger partial charge >= 0.3 is 0 Å². The van der Waals surface area contributed by atoms with E-state index in [1.54, 1.807) is 0 Å². The Kier molecular flexibility index (Phi) is 3.57. The van der Waals surface area contributed by atoms with Crippen molar-refractivity contribution >= 4 is 21.6 Å². The molecular formula is C14H19BrN2O.